The van der Waals surface area contributed by atoms with Crippen LogP contribution in [0.2, 0.25) is 0 Å². The lowest BCUT2D eigenvalue weighted by molar-refractivity contribution is 0.549. The number of hydrogen-bond donors (Lipinski definition) is 1. The summed E-state index contributed by atoms with van der Waals surface area (Å²) in [6.07, 6.45) is 0. The Balaban J connectivity index is 1.79. The third-order valence-corrected chi connectivity index (χ3v) is 6.90. The van der Waals surface area contributed by atoms with Gasteiger partial charge in [0.15, 0.2) is 0 Å². The van der Waals surface area contributed by atoms with E-state index < -0.39 is 0 Å². The molecule has 3 nitrogen and oxygen atoms in total. The Morgan fingerprint density at radius 3 is 2.52 bits per heavy atom. The minimum atomic E-state index is -0.275. The van der Waals surface area contributed by atoms with Crippen molar-refractivity contribution in [1.82, 2.24) is 0 Å². The smallest absolute Gasteiger partial charge is 0.342 e. The summed E-state index contributed by atoms with van der Waals surface area (Å²) in [4.78, 5) is 14.4. The predicted octanol–water partition coefficient (Wildman–Crippen LogP) is 6.55. The number of benzene rings is 3. The molecular formula is C25H17NO2S. The van der Waals surface area contributed by atoms with E-state index in [1.165, 1.54) is 15.8 Å². The second-order valence-electron chi connectivity index (χ2n) is 7.45. The van der Waals surface area contributed by atoms with E-state index in [1.807, 2.05) is 30.3 Å². The second-order valence-corrected chi connectivity index (χ2v) is 8.40. The normalized spacial score (nSPS) is 15.1. The van der Waals surface area contributed by atoms with Gasteiger partial charge in [0.1, 0.15) is 5.58 Å². The van der Waals surface area contributed by atoms with Gasteiger partial charge in [0, 0.05) is 16.0 Å². The van der Waals surface area contributed by atoms with Crippen LogP contribution in [0.15, 0.2) is 81.3 Å². The number of hydrogen-bond acceptors (Lipinski definition) is 4. The fraction of sp³-hybridized carbons (Fsp3) is 0.0800. The summed E-state index contributed by atoms with van der Waals surface area (Å²) < 4.78 is 5.76. The average Bonchev–Trinajstić information content (AvgIpc) is 3.17. The zero-order valence-electron chi connectivity index (χ0n) is 15.7. The van der Waals surface area contributed by atoms with Crippen molar-refractivity contribution >= 4 is 44.5 Å². The maximum absolute atomic E-state index is 13.2. The first kappa shape index (κ1) is 16.6. The average molecular weight is 395 g/mol. The van der Waals surface area contributed by atoms with Crippen molar-refractivity contribution in [1.29, 1.82) is 0 Å². The minimum Gasteiger partial charge on any atom is -0.422 e. The summed E-state index contributed by atoms with van der Waals surface area (Å²) >= 11 is 1.70. The van der Waals surface area contributed by atoms with Gasteiger partial charge in [0.05, 0.1) is 17.2 Å². The molecular weight excluding hydrogens is 378 g/mol. The van der Waals surface area contributed by atoms with Gasteiger partial charge in [-0.25, -0.2) is 4.79 Å². The van der Waals surface area contributed by atoms with Gasteiger partial charge in [-0.15, -0.1) is 11.3 Å². The third kappa shape index (κ3) is 2.33. The van der Waals surface area contributed by atoms with E-state index in [0.29, 0.717) is 11.1 Å². The lowest BCUT2D eigenvalue weighted by Gasteiger charge is -2.30. The lowest BCUT2D eigenvalue weighted by atomic mass is 9.81. The van der Waals surface area contributed by atoms with Gasteiger partial charge in [-0.3, -0.25) is 0 Å². The van der Waals surface area contributed by atoms with Gasteiger partial charge < -0.3 is 9.73 Å². The molecule has 140 valence electrons. The van der Waals surface area contributed by atoms with Gasteiger partial charge >= 0.3 is 5.63 Å². The molecule has 0 radical (unpaired) electrons. The highest BCUT2D eigenvalue weighted by molar-refractivity contribution is 7.10. The maximum atomic E-state index is 13.2. The van der Waals surface area contributed by atoms with E-state index in [9.17, 15) is 4.79 Å². The molecule has 0 saturated heterocycles. The van der Waals surface area contributed by atoms with E-state index in [1.54, 1.807) is 11.3 Å². The highest BCUT2D eigenvalue weighted by atomic mass is 32.1. The molecule has 5 aromatic rings. The molecule has 0 amide bonds. The number of anilines is 2. The van der Waals surface area contributed by atoms with E-state index in [-0.39, 0.29) is 11.5 Å². The van der Waals surface area contributed by atoms with Crippen LogP contribution in [0.1, 0.15) is 27.5 Å². The van der Waals surface area contributed by atoms with Crippen molar-refractivity contribution in [3.05, 3.63) is 104 Å². The maximum Gasteiger partial charge on any atom is 0.342 e. The SMILES string of the molecule is Cc1ccsc1[C@H]1c2c(c3ccccc3oc2=O)Nc2ccc3ccccc3c21. The predicted molar refractivity (Wildman–Crippen MR) is 120 cm³/mol. The summed E-state index contributed by atoms with van der Waals surface area (Å²) in [5.41, 5.74) is 5.26. The highest BCUT2D eigenvalue weighted by Crippen LogP contribution is 2.50. The van der Waals surface area contributed by atoms with E-state index in [4.69, 9.17) is 4.42 Å². The fourth-order valence-electron chi connectivity index (χ4n) is 4.50. The number of fused-ring (bicyclic) bond motifs is 6. The van der Waals surface area contributed by atoms with Gasteiger partial charge in [0.25, 0.3) is 0 Å². The van der Waals surface area contributed by atoms with Gasteiger partial charge in [-0.1, -0.05) is 42.5 Å². The van der Waals surface area contributed by atoms with Crippen LogP contribution in [0.5, 0.6) is 0 Å². The van der Waals surface area contributed by atoms with Gasteiger partial charge in [-0.05, 0) is 58.5 Å². The van der Waals surface area contributed by atoms with Crippen LogP contribution in [0.25, 0.3) is 21.7 Å². The third-order valence-electron chi connectivity index (χ3n) is 5.82. The fourth-order valence-corrected chi connectivity index (χ4v) is 5.54. The Morgan fingerprint density at radius 1 is 0.897 bits per heavy atom. The molecule has 0 saturated carbocycles. The largest absolute Gasteiger partial charge is 0.422 e. The van der Waals surface area contributed by atoms with Crippen molar-refractivity contribution in [2.24, 2.45) is 0 Å². The Kier molecular flexibility index (Phi) is 3.46. The quantitative estimate of drug-likeness (QED) is 0.321. The van der Waals surface area contributed by atoms with Crippen LogP contribution in [0, 0.1) is 6.92 Å². The van der Waals surface area contributed by atoms with E-state index in [0.717, 1.165) is 27.7 Å². The van der Waals surface area contributed by atoms with Gasteiger partial charge in [0.2, 0.25) is 0 Å². The highest BCUT2D eigenvalue weighted by Gasteiger charge is 2.34. The standard InChI is InChI=1S/C25H17NO2S/c1-14-12-13-29-24(14)21-20-16-7-3-2-6-15(16)10-11-18(20)26-23-17-8-4-5-9-19(17)28-25(27)22(21)23/h2-13,21,26H,1H3/t21-/m1/s1. The Bertz CT molecular complexity index is 1480. The number of para-hydroxylation sites is 1. The molecule has 3 aromatic carbocycles. The first-order valence-corrected chi connectivity index (χ1v) is 10.5. The topological polar surface area (TPSA) is 42.2 Å². The van der Waals surface area contributed by atoms with E-state index in [2.05, 4.69) is 54.0 Å². The second kappa shape index (κ2) is 6.06. The van der Waals surface area contributed by atoms with Crippen LogP contribution in [0.3, 0.4) is 0 Å². The van der Waals surface area contributed by atoms with Crippen LogP contribution in [-0.2, 0) is 0 Å². The summed E-state index contributed by atoms with van der Waals surface area (Å²) in [6.45, 7) is 2.11. The molecule has 0 spiro atoms. The first-order valence-electron chi connectivity index (χ1n) is 9.61. The molecule has 0 bridgehead atoms. The van der Waals surface area contributed by atoms with Crippen molar-refractivity contribution in [2.45, 2.75) is 12.8 Å². The molecule has 1 atom stereocenters. The van der Waals surface area contributed by atoms with Crippen molar-refractivity contribution in [3.63, 3.8) is 0 Å². The van der Waals surface area contributed by atoms with Crippen molar-refractivity contribution in [2.75, 3.05) is 5.32 Å². The monoisotopic (exact) mass is 395 g/mol. The zero-order chi connectivity index (χ0) is 19.5. The Hall–Kier alpha value is -3.37. The molecule has 4 heteroatoms. The first-order chi connectivity index (χ1) is 14.2. The molecule has 0 unspecified atom stereocenters. The Morgan fingerprint density at radius 2 is 1.69 bits per heavy atom. The molecule has 1 aliphatic rings. The number of rotatable bonds is 1. The molecule has 0 aliphatic carbocycles. The van der Waals surface area contributed by atoms with Crippen molar-refractivity contribution in [3.8, 4) is 0 Å². The number of aryl methyl sites for hydroxylation is 1. The summed E-state index contributed by atoms with van der Waals surface area (Å²) in [7, 11) is 0. The summed E-state index contributed by atoms with van der Waals surface area (Å²) in [5, 5.41) is 8.93. The van der Waals surface area contributed by atoms with E-state index >= 15 is 0 Å². The van der Waals surface area contributed by atoms with Crippen LogP contribution < -0.4 is 10.9 Å². The van der Waals surface area contributed by atoms with Crippen molar-refractivity contribution < 1.29 is 4.42 Å². The molecule has 0 fully saturated rings. The van der Waals surface area contributed by atoms with Crippen LogP contribution in [-0.4, -0.2) is 0 Å². The van der Waals surface area contributed by atoms with Gasteiger partial charge in [-0.2, -0.15) is 0 Å². The number of nitrogens with one attached hydrogen (secondary N) is 1. The molecule has 2 aromatic heterocycles. The molecule has 29 heavy (non-hydrogen) atoms. The zero-order valence-corrected chi connectivity index (χ0v) is 16.5. The molecule has 3 heterocycles. The Labute approximate surface area is 171 Å². The molecule has 6 rings (SSSR count). The number of thiophene rings is 1. The van der Waals surface area contributed by atoms with Crippen LogP contribution >= 0.6 is 11.3 Å². The lowest BCUT2D eigenvalue weighted by Crippen LogP contribution is -2.22. The minimum absolute atomic E-state index is 0.159. The molecule has 1 aliphatic heterocycles. The van der Waals surface area contributed by atoms with Crippen LogP contribution in [0.4, 0.5) is 11.4 Å². The summed E-state index contributed by atoms with van der Waals surface area (Å²) in [5.74, 6) is -0.159. The summed E-state index contributed by atoms with van der Waals surface area (Å²) in [6, 6.07) is 22.5. The molecule has 1 N–H and O–H groups in total.